The van der Waals surface area contributed by atoms with Gasteiger partial charge in [-0.05, 0) is 18.8 Å². The van der Waals surface area contributed by atoms with E-state index < -0.39 is 0 Å². The first-order valence-electron chi connectivity index (χ1n) is 6.51. The van der Waals surface area contributed by atoms with Crippen molar-refractivity contribution < 1.29 is 9.90 Å². The van der Waals surface area contributed by atoms with Gasteiger partial charge < -0.3 is 10.4 Å². The van der Waals surface area contributed by atoms with E-state index >= 15 is 0 Å². The van der Waals surface area contributed by atoms with Gasteiger partial charge in [0.15, 0.2) is 0 Å². The molecule has 0 atom stereocenters. The molecule has 0 aromatic carbocycles. The van der Waals surface area contributed by atoms with E-state index in [0.29, 0.717) is 17.6 Å². The van der Waals surface area contributed by atoms with E-state index in [1.165, 1.54) is 11.3 Å². The first-order chi connectivity index (χ1) is 9.03. The molecule has 1 heterocycles. The van der Waals surface area contributed by atoms with Crippen LogP contribution in [-0.2, 0) is 6.42 Å². The molecule has 0 aliphatic heterocycles. The number of amides is 2. The van der Waals surface area contributed by atoms with Gasteiger partial charge in [0.1, 0.15) is 5.01 Å². The van der Waals surface area contributed by atoms with E-state index in [1.54, 1.807) is 0 Å². The Balaban J connectivity index is 1.77. The fourth-order valence-corrected chi connectivity index (χ4v) is 2.66. The topological polar surface area (TPSA) is 87.1 Å². The van der Waals surface area contributed by atoms with Crippen LogP contribution in [0, 0.1) is 11.3 Å². The first-order valence-corrected chi connectivity index (χ1v) is 7.33. The molecule has 0 unspecified atom stereocenters. The van der Waals surface area contributed by atoms with Gasteiger partial charge in [-0.15, -0.1) is 10.2 Å². The van der Waals surface area contributed by atoms with Gasteiger partial charge >= 0.3 is 6.03 Å². The maximum Gasteiger partial charge on any atom is 0.321 e. The quantitative estimate of drug-likeness (QED) is 0.741. The van der Waals surface area contributed by atoms with Gasteiger partial charge in [-0.3, -0.25) is 5.32 Å². The lowest BCUT2D eigenvalue weighted by Crippen LogP contribution is -2.35. The van der Waals surface area contributed by atoms with Crippen LogP contribution in [0.1, 0.15) is 31.7 Å². The number of hydrogen-bond donors (Lipinski definition) is 3. The van der Waals surface area contributed by atoms with Crippen LogP contribution in [0.25, 0.3) is 0 Å². The smallest absolute Gasteiger partial charge is 0.321 e. The van der Waals surface area contributed by atoms with Gasteiger partial charge in [0, 0.05) is 18.4 Å². The summed E-state index contributed by atoms with van der Waals surface area (Å²) in [5, 5.41) is 24.0. The summed E-state index contributed by atoms with van der Waals surface area (Å²) in [5.41, 5.74) is -0.0821. The van der Waals surface area contributed by atoms with Crippen molar-refractivity contribution in [1.29, 1.82) is 0 Å². The Labute approximate surface area is 116 Å². The minimum Gasteiger partial charge on any atom is -0.396 e. The number of nitrogens with zero attached hydrogens (tertiary/aromatic N) is 2. The number of aliphatic hydroxyl groups excluding tert-OH is 1. The molecule has 0 spiro atoms. The summed E-state index contributed by atoms with van der Waals surface area (Å²) < 4.78 is 0. The standard InChI is InChI=1S/C12H20N4O2S/c1-8(2)5-9-15-16-11(19-9)14-10(18)13-6-12(7-17)3-4-12/h8,17H,3-7H2,1-2H3,(H2,13,14,16,18). The fraction of sp³-hybridized carbons (Fsp3) is 0.750. The molecule has 6 nitrogen and oxygen atoms in total. The van der Waals surface area contributed by atoms with Crippen molar-refractivity contribution >= 4 is 22.5 Å². The lowest BCUT2D eigenvalue weighted by molar-refractivity contribution is 0.206. The predicted molar refractivity (Wildman–Crippen MR) is 74.2 cm³/mol. The molecular weight excluding hydrogens is 264 g/mol. The maximum absolute atomic E-state index is 11.7. The highest BCUT2D eigenvalue weighted by atomic mass is 32.1. The van der Waals surface area contributed by atoms with E-state index in [1.807, 2.05) is 0 Å². The summed E-state index contributed by atoms with van der Waals surface area (Å²) in [7, 11) is 0. The number of carbonyl (C=O) groups excluding carboxylic acids is 1. The number of aromatic nitrogens is 2. The molecule has 1 aromatic heterocycles. The molecule has 106 valence electrons. The van der Waals surface area contributed by atoms with Gasteiger partial charge in [-0.1, -0.05) is 25.2 Å². The second kappa shape index (κ2) is 5.83. The van der Waals surface area contributed by atoms with Crippen molar-refractivity contribution in [3.8, 4) is 0 Å². The number of rotatable bonds is 6. The second-order valence-electron chi connectivity index (χ2n) is 5.56. The average Bonchev–Trinajstić information content (AvgIpc) is 3.02. The number of carbonyl (C=O) groups is 1. The SMILES string of the molecule is CC(C)Cc1nnc(NC(=O)NCC2(CO)CC2)s1. The molecular formula is C12H20N4O2S. The molecule has 0 bridgehead atoms. The number of hydrogen-bond acceptors (Lipinski definition) is 5. The van der Waals surface area contributed by atoms with E-state index in [2.05, 4.69) is 34.7 Å². The summed E-state index contributed by atoms with van der Waals surface area (Å²) in [6.07, 6.45) is 2.82. The lowest BCUT2D eigenvalue weighted by atomic mass is 10.1. The van der Waals surface area contributed by atoms with Crippen molar-refractivity contribution in [2.75, 3.05) is 18.5 Å². The molecule has 1 aromatic rings. The Hall–Kier alpha value is -1.21. The van der Waals surface area contributed by atoms with Crippen LogP contribution < -0.4 is 10.6 Å². The van der Waals surface area contributed by atoms with Crippen LogP contribution in [-0.4, -0.2) is 34.5 Å². The molecule has 7 heteroatoms. The van der Waals surface area contributed by atoms with Crippen molar-refractivity contribution in [1.82, 2.24) is 15.5 Å². The Bertz CT molecular complexity index is 443. The number of nitrogens with one attached hydrogen (secondary N) is 2. The minimum atomic E-state index is -0.285. The molecule has 0 radical (unpaired) electrons. The Morgan fingerprint density at radius 3 is 2.79 bits per heavy atom. The molecule has 2 rings (SSSR count). The zero-order chi connectivity index (χ0) is 13.9. The normalized spacial score (nSPS) is 16.4. The summed E-state index contributed by atoms with van der Waals surface area (Å²) in [5.74, 6) is 0.522. The van der Waals surface area contributed by atoms with Crippen molar-refractivity contribution in [3.05, 3.63) is 5.01 Å². The predicted octanol–water partition coefficient (Wildman–Crippen LogP) is 1.63. The third-order valence-corrected chi connectivity index (χ3v) is 4.05. The molecule has 3 N–H and O–H groups in total. The molecule has 1 fully saturated rings. The molecule has 0 saturated heterocycles. The first kappa shape index (κ1) is 14.2. The summed E-state index contributed by atoms with van der Waals surface area (Å²) in [4.78, 5) is 11.7. The third-order valence-electron chi connectivity index (χ3n) is 3.19. The highest BCUT2D eigenvalue weighted by Crippen LogP contribution is 2.44. The molecule has 1 aliphatic carbocycles. The lowest BCUT2D eigenvalue weighted by Gasteiger charge is -2.12. The van der Waals surface area contributed by atoms with Crippen LogP contribution >= 0.6 is 11.3 Å². The van der Waals surface area contributed by atoms with Gasteiger partial charge in [0.2, 0.25) is 5.13 Å². The zero-order valence-electron chi connectivity index (χ0n) is 11.3. The van der Waals surface area contributed by atoms with E-state index in [0.717, 1.165) is 24.3 Å². The van der Waals surface area contributed by atoms with Crippen molar-refractivity contribution in [2.24, 2.45) is 11.3 Å². The molecule has 19 heavy (non-hydrogen) atoms. The van der Waals surface area contributed by atoms with Gasteiger partial charge in [0.05, 0.1) is 6.61 Å². The van der Waals surface area contributed by atoms with Crippen molar-refractivity contribution in [2.45, 2.75) is 33.1 Å². The fourth-order valence-electron chi connectivity index (χ4n) is 1.71. The van der Waals surface area contributed by atoms with Crippen LogP contribution in [0.3, 0.4) is 0 Å². The minimum absolute atomic E-state index is 0.0821. The van der Waals surface area contributed by atoms with Crippen LogP contribution in [0.2, 0.25) is 0 Å². The van der Waals surface area contributed by atoms with Gasteiger partial charge in [0.25, 0.3) is 0 Å². The van der Waals surface area contributed by atoms with E-state index in [4.69, 9.17) is 5.11 Å². The number of aliphatic hydroxyl groups is 1. The summed E-state index contributed by atoms with van der Waals surface area (Å²) >= 11 is 1.40. The molecule has 1 aliphatic rings. The van der Waals surface area contributed by atoms with E-state index in [-0.39, 0.29) is 18.1 Å². The largest absolute Gasteiger partial charge is 0.396 e. The number of urea groups is 1. The monoisotopic (exact) mass is 284 g/mol. The van der Waals surface area contributed by atoms with Crippen LogP contribution in [0.5, 0.6) is 0 Å². The van der Waals surface area contributed by atoms with Crippen molar-refractivity contribution in [3.63, 3.8) is 0 Å². The molecule has 2 amide bonds. The highest BCUT2D eigenvalue weighted by Gasteiger charge is 2.42. The zero-order valence-corrected chi connectivity index (χ0v) is 12.1. The highest BCUT2D eigenvalue weighted by molar-refractivity contribution is 7.15. The Morgan fingerprint density at radius 2 is 2.21 bits per heavy atom. The number of anilines is 1. The third kappa shape index (κ3) is 4.14. The van der Waals surface area contributed by atoms with Crippen LogP contribution in [0.4, 0.5) is 9.93 Å². The maximum atomic E-state index is 11.7. The van der Waals surface area contributed by atoms with E-state index in [9.17, 15) is 4.79 Å². The van der Waals surface area contributed by atoms with Gasteiger partial charge in [-0.25, -0.2) is 4.79 Å². The molecule has 1 saturated carbocycles. The average molecular weight is 284 g/mol. The van der Waals surface area contributed by atoms with Crippen LogP contribution in [0.15, 0.2) is 0 Å². The summed E-state index contributed by atoms with van der Waals surface area (Å²) in [6.45, 7) is 4.87. The van der Waals surface area contributed by atoms with Gasteiger partial charge in [-0.2, -0.15) is 0 Å². The Kier molecular flexibility index (Phi) is 4.36. The second-order valence-corrected chi connectivity index (χ2v) is 6.63. The summed E-state index contributed by atoms with van der Waals surface area (Å²) in [6, 6.07) is -0.285. The Morgan fingerprint density at radius 1 is 1.47 bits per heavy atom.